The zero-order chi connectivity index (χ0) is 9.36. The maximum Gasteiger partial charge on any atom is 0.288 e. The van der Waals surface area contributed by atoms with Gasteiger partial charge in [-0.15, -0.1) is 5.10 Å². The van der Waals surface area contributed by atoms with Crippen LogP contribution in [0.1, 0.15) is 0 Å². The van der Waals surface area contributed by atoms with Crippen LogP contribution in [0.25, 0.3) is 0 Å². The van der Waals surface area contributed by atoms with E-state index in [-0.39, 0.29) is 5.56 Å². The highest BCUT2D eigenvalue weighted by Crippen LogP contribution is 1.91. The summed E-state index contributed by atoms with van der Waals surface area (Å²) in [5, 5.41) is 10.7. The fraction of sp³-hybridized carbons (Fsp3) is 0. The van der Waals surface area contributed by atoms with Crippen molar-refractivity contribution in [3.8, 4) is 0 Å². The van der Waals surface area contributed by atoms with E-state index in [0.29, 0.717) is 0 Å². The Hall–Kier alpha value is -1.55. The van der Waals surface area contributed by atoms with Gasteiger partial charge in [-0.25, -0.2) is 0 Å². The first kappa shape index (κ1) is 9.54. The van der Waals surface area contributed by atoms with Crippen molar-refractivity contribution < 1.29 is 0 Å². The molecule has 0 N–H and O–H groups in total. The number of nitrogens with zero attached hydrogens (tertiary/aromatic N) is 2. The maximum atomic E-state index is 10.3. The average Bonchev–Trinajstić information content (AvgIpc) is 2.62. The zero-order valence-electron chi connectivity index (χ0n) is 6.83. The predicted molar refractivity (Wildman–Crippen MR) is 52.6 cm³/mol. The van der Waals surface area contributed by atoms with Gasteiger partial charge in [-0.2, -0.15) is 16.4 Å². The number of rotatable bonds is 0. The summed E-state index contributed by atoms with van der Waals surface area (Å²) >= 11 is 1.71. The molecule has 2 rings (SSSR count). The molecule has 66 valence electrons. The molecule has 0 aromatic carbocycles. The van der Waals surface area contributed by atoms with Crippen molar-refractivity contribution in [1.82, 2.24) is 10.2 Å². The van der Waals surface area contributed by atoms with Crippen LogP contribution in [0.3, 0.4) is 0 Å². The lowest BCUT2D eigenvalue weighted by Gasteiger charge is -1.56. The molecule has 0 unspecified atom stereocenters. The lowest BCUT2D eigenvalue weighted by atomic mass is 10.6. The van der Waals surface area contributed by atoms with E-state index in [1.807, 2.05) is 22.9 Å². The van der Waals surface area contributed by atoms with Crippen LogP contribution in [0.5, 0.6) is 0 Å². The molecule has 0 aliphatic carbocycles. The average molecular weight is 192 g/mol. The van der Waals surface area contributed by atoms with Crippen LogP contribution in [0.2, 0.25) is 0 Å². The molecule has 4 heteroatoms. The van der Waals surface area contributed by atoms with Gasteiger partial charge in [-0.05, 0) is 16.8 Å². The van der Waals surface area contributed by atoms with Crippen molar-refractivity contribution in [3.63, 3.8) is 0 Å². The highest BCUT2D eigenvalue weighted by molar-refractivity contribution is 7.07. The Morgan fingerprint density at radius 1 is 1.08 bits per heavy atom. The first-order valence-electron chi connectivity index (χ1n) is 3.65. The molecule has 0 saturated heterocycles. The molecule has 2 aromatic heterocycles. The van der Waals surface area contributed by atoms with Crippen LogP contribution in [-0.2, 0) is 0 Å². The summed E-state index contributed by atoms with van der Waals surface area (Å²) in [5.41, 5.74) is -0.310. The van der Waals surface area contributed by atoms with Gasteiger partial charge in [-0.1, -0.05) is 18.2 Å². The highest BCUT2D eigenvalue weighted by Gasteiger charge is 1.72. The molecule has 0 radical (unpaired) electrons. The van der Waals surface area contributed by atoms with Gasteiger partial charge in [0.25, 0.3) is 5.56 Å². The molecule has 0 aliphatic rings. The summed E-state index contributed by atoms with van der Waals surface area (Å²) in [6.07, 6.45) is 1.46. The highest BCUT2D eigenvalue weighted by atomic mass is 32.1. The SMILES string of the molecule is O=c1ccccnn1.c1ccsc1. The topological polar surface area (TPSA) is 42.9 Å². The zero-order valence-corrected chi connectivity index (χ0v) is 7.65. The molecule has 3 nitrogen and oxygen atoms in total. The predicted octanol–water partition coefficient (Wildman–Crippen LogP) is 1.58. The smallest absolute Gasteiger partial charge is 0.266 e. The van der Waals surface area contributed by atoms with Crippen LogP contribution in [0.4, 0.5) is 0 Å². The van der Waals surface area contributed by atoms with Gasteiger partial charge in [0.2, 0.25) is 0 Å². The van der Waals surface area contributed by atoms with E-state index in [1.54, 1.807) is 23.5 Å². The summed E-state index contributed by atoms with van der Waals surface area (Å²) in [6, 6.07) is 8.64. The lowest BCUT2D eigenvalue weighted by molar-refractivity contribution is 1.01. The minimum absolute atomic E-state index is 0.310. The standard InChI is InChI=1S/C5H4N2O.C4H4S/c8-5-3-1-2-4-6-7-5;1-2-4-5-3-1/h1-4H;1-4H. The number of hydrogen-bond acceptors (Lipinski definition) is 4. The molecule has 0 atom stereocenters. The second-order valence-electron chi connectivity index (χ2n) is 2.05. The van der Waals surface area contributed by atoms with E-state index in [9.17, 15) is 4.79 Å². The van der Waals surface area contributed by atoms with E-state index in [4.69, 9.17) is 0 Å². The lowest BCUT2D eigenvalue weighted by Crippen LogP contribution is -1.98. The van der Waals surface area contributed by atoms with Gasteiger partial charge in [0.1, 0.15) is 0 Å². The molecule has 0 amide bonds. The van der Waals surface area contributed by atoms with Crippen LogP contribution >= 0.6 is 11.3 Å². The Bertz CT molecular complexity index is 336. The van der Waals surface area contributed by atoms with Gasteiger partial charge in [0, 0.05) is 12.3 Å². The van der Waals surface area contributed by atoms with Crippen molar-refractivity contribution in [1.29, 1.82) is 0 Å². The van der Waals surface area contributed by atoms with Gasteiger partial charge in [0.05, 0.1) is 0 Å². The number of thiophene rings is 1. The van der Waals surface area contributed by atoms with E-state index in [2.05, 4.69) is 10.2 Å². The number of aromatic nitrogens is 2. The van der Waals surface area contributed by atoms with Gasteiger partial charge < -0.3 is 0 Å². The summed E-state index contributed by atoms with van der Waals surface area (Å²) < 4.78 is 0. The Labute approximate surface area is 79.7 Å². The monoisotopic (exact) mass is 192 g/mol. The maximum absolute atomic E-state index is 10.3. The van der Waals surface area contributed by atoms with Crippen molar-refractivity contribution in [2.75, 3.05) is 0 Å². The van der Waals surface area contributed by atoms with Crippen molar-refractivity contribution in [2.45, 2.75) is 0 Å². The Morgan fingerprint density at radius 3 is 2.46 bits per heavy atom. The molecule has 13 heavy (non-hydrogen) atoms. The van der Waals surface area contributed by atoms with Gasteiger partial charge in [0.15, 0.2) is 0 Å². The fourth-order valence-corrected chi connectivity index (χ4v) is 1.03. The van der Waals surface area contributed by atoms with Crippen LogP contribution in [0.15, 0.2) is 52.1 Å². The molecule has 0 spiro atoms. The van der Waals surface area contributed by atoms with Crippen molar-refractivity contribution >= 4 is 11.3 Å². The normalized spacial score (nSPS) is 8.31. The largest absolute Gasteiger partial charge is 0.288 e. The molecule has 0 saturated carbocycles. The molecule has 0 bridgehead atoms. The summed E-state index contributed by atoms with van der Waals surface area (Å²) in [5.74, 6) is 0. The van der Waals surface area contributed by atoms with E-state index in [0.717, 1.165) is 0 Å². The molecule has 2 heterocycles. The van der Waals surface area contributed by atoms with Crippen LogP contribution < -0.4 is 5.56 Å². The van der Waals surface area contributed by atoms with E-state index < -0.39 is 0 Å². The number of hydrogen-bond donors (Lipinski definition) is 0. The Balaban J connectivity index is 0.000000145. The van der Waals surface area contributed by atoms with Crippen LogP contribution in [-0.4, -0.2) is 10.2 Å². The third-order valence-corrected chi connectivity index (χ3v) is 1.71. The van der Waals surface area contributed by atoms with Crippen molar-refractivity contribution in [3.05, 3.63) is 57.6 Å². The van der Waals surface area contributed by atoms with Crippen LogP contribution in [0, 0.1) is 0 Å². The Morgan fingerprint density at radius 2 is 1.85 bits per heavy atom. The van der Waals surface area contributed by atoms with E-state index in [1.165, 1.54) is 12.3 Å². The third kappa shape index (κ3) is 4.81. The van der Waals surface area contributed by atoms with Gasteiger partial charge >= 0.3 is 0 Å². The molecule has 0 fully saturated rings. The summed E-state index contributed by atoms with van der Waals surface area (Å²) in [7, 11) is 0. The first-order chi connectivity index (χ1) is 6.39. The Kier molecular flexibility index (Phi) is 4.42. The molecular weight excluding hydrogens is 184 g/mol. The second kappa shape index (κ2) is 6.02. The molecular formula is C9H8N2OS. The van der Waals surface area contributed by atoms with E-state index >= 15 is 0 Å². The minimum atomic E-state index is -0.310. The minimum Gasteiger partial charge on any atom is -0.266 e. The second-order valence-corrected chi connectivity index (χ2v) is 2.86. The quantitative estimate of drug-likeness (QED) is 0.636. The molecule has 2 aromatic rings. The third-order valence-electron chi connectivity index (χ3n) is 1.08. The van der Waals surface area contributed by atoms with Crippen molar-refractivity contribution in [2.24, 2.45) is 0 Å². The van der Waals surface area contributed by atoms with Gasteiger partial charge in [-0.3, -0.25) is 4.79 Å². The fourth-order valence-electron chi connectivity index (χ4n) is 0.576. The summed E-state index contributed by atoms with van der Waals surface area (Å²) in [4.78, 5) is 10.3. The summed E-state index contributed by atoms with van der Waals surface area (Å²) in [6.45, 7) is 0. The molecule has 0 aliphatic heterocycles. The first-order valence-corrected chi connectivity index (χ1v) is 4.59.